The molecule has 0 fully saturated rings. The van der Waals surface area contributed by atoms with Gasteiger partial charge in [-0.15, -0.1) is 0 Å². The summed E-state index contributed by atoms with van der Waals surface area (Å²) in [6.45, 7) is 4.30. The van der Waals surface area contributed by atoms with Crippen LogP contribution in [0.4, 0.5) is 5.82 Å². The van der Waals surface area contributed by atoms with Crippen molar-refractivity contribution in [2.24, 2.45) is 0 Å². The summed E-state index contributed by atoms with van der Waals surface area (Å²) >= 11 is 0. The predicted octanol–water partition coefficient (Wildman–Crippen LogP) is 1.33. The second-order valence-electron chi connectivity index (χ2n) is 5.20. The van der Waals surface area contributed by atoms with Crippen molar-refractivity contribution in [3.05, 3.63) is 47.2 Å². The van der Waals surface area contributed by atoms with E-state index in [-0.39, 0.29) is 0 Å². The number of hydrogen-bond acceptors (Lipinski definition) is 6. The maximum Gasteiger partial charge on any atom is 0.164 e. The maximum absolute atomic E-state index is 10.2. The van der Waals surface area contributed by atoms with Crippen molar-refractivity contribution in [2.75, 3.05) is 5.73 Å². The zero-order chi connectivity index (χ0) is 15.7. The fourth-order valence-corrected chi connectivity index (χ4v) is 2.28. The number of aliphatic hydroxyl groups is 1. The van der Waals surface area contributed by atoms with Crippen molar-refractivity contribution in [3.8, 4) is 0 Å². The van der Waals surface area contributed by atoms with Crippen molar-refractivity contribution in [3.63, 3.8) is 0 Å². The van der Waals surface area contributed by atoms with E-state index in [4.69, 9.17) is 5.73 Å². The highest BCUT2D eigenvalue weighted by Crippen LogP contribution is 2.24. The van der Waals surface area contributed by atoms with Crippen LogP contribution in [0.25, 0.3) is 11.0 Å². The molecular weight excluding hydrogens is 280 g/mol. The minimum atomic E-state index is -0.924. The number of aliphatic hydroxyl groups excluding tert-OH is 1. The van der Waals surface area contributed by atoms with Gasteiger partial charge in [0.05, 0.1) is 5.52 Å². The third-order valence-corrected chi connectivity index (χ3v) is 3.65. The number of nitrogens with zero attached hydrogens (tertiary/aromatic N) is 3. The smallest absolute Gasteiger partial charge is 0.164 e. The van der Waals surface area contributed by atoms with Crippen molar-refractivity contribution >= 4 is 16.9 Å². The highest BCUT2D eigenvalue weighted by Gasteiger charge is 2.16. The molecule has 7 heteroatoms. The van der Waals surface area contributed by atoms with Crippen molar-refractivity contribution in [1.82, 2.24) is 25.3 Å². The van der Waals surface area contributed by atoms with E-state index in [9.17, 15) is 5.11 Å². The van der Waals surface area contributed by atoms with Crippen LogP contribution in [0.2, 0.25) is 0 Å². The van der Waals surface area contributed by atoms with Crippen LogP contribution in [0.15, 0.2) is 24.5 Å². The van der Waals surface area contributed by atoms with Gasteiger partial charge in [-0.1, -0.05) is 6.07 Å². The van der Waals surface area contributed by atoms with Crippen LogP contribution < -0.4 is 11.1 Å². The summed E-state index contributed by atoms with van der Waals surface area (Å²) in [7, 11) is 0. The number of aromatic amines is 1. The topological polar surface area (TPSA) is 113 Å². The summed E-state index contributed by atoms with van der Waals surface area (Å²) in [4.78, 5) is 15.8. The van der Waals surface area contributed by atoms with E-state index in [0.717, 1.165) is 22.3 Å². The second kappa shape index (κ2) is 5.70. The molecular formula is C15H18N6O. The van der Waals surface area contributed by atoms with Crippen LogP contribution in [0, 0.1) is 13.8 Å². The number of aryl methyl sites for hydroxylation is 2. The average molecular weight is 298 g/mol. The lowest BCUT2D eigenvalue weighted by molar-refractivity contribution is 0.129. The van der Waals surface area contributed by atoms with E-state index < -0.39 is 6.23 Å². The van der Waals surface area contributed by atoms with Crippen LogP contribution in [0.1, 0.15) is 28.9 Å². The molecule has 0 aliphatic carbocycles. The first-order chi connectivity index (χ1) is 10.6. The van der Waals surface area contributed by atoms with Gasteiger partial charge in [-0.25, -0.2) is 9.97 Å². The highest BCUT2D eigenvalue weighted by molar-refractivity contribution is 5.87. The molecule has 1 atom stereocenters. The molecule has 3 rings (SSSR count). The summed E-state index contributed by atoms with van der Waals surface area (Å²) in [5, 5.41) is 13.2. The molecule has 0 aromatic carbocycles. The van der Waals surface area contributed by atoms with Crippen LogP contribution in [-0.4, -0.2) is 25.0 Å². The molecule has 0 amide bonds. The molecule has 22 heavy (non-hydrogen) atoms. The first kappa shape index (κ1) is 14.4. The van der Waals surface area contributed by atoms with Crippen LogP contribution in [-0.2, 0) is 6.54 Å². The number of aromatic nitrogens is 4. The lowest BCUT2D eigenvalue weighted by Gasteiger charge is -2.09. The summed E-state index contributed by atoms with van der Waals surface area (Å²) in [5.74, 6) is 0.803. The quantitative estimate of drug-likeness (QED) is 0.541. The van der Waals surface area contributed by atoms with Crippen LogP contribution in [0.5, 0.6) is 0 Å². The van der Waals surface area contributed by atoms with Gasteiger partial charge in [0.1, 0.15) is 11.3 Å². The van der Waals surface area contributed by atoms with Crippen molar-refractivity contribution in [1.29, 1.82) is 0 Å². The number of imidazole rings is 1. The second-order valence-corrected chi connectivity index (χ2v) is 5.20. The highest BCUT2D eigenvalue weighted by atomic mass is 16.3. The van der Waals surface area contributed by atoms with Gasteiger partial charge in [0.2, 0.25) is 0 Å². The number of nitrogen functional groups attached to an aromatic ring is 1. The number of anilines is 1. The number of H-pyrrole nitrogens is 1. The molecule has 1 unspecified atom stereocenters. The summed E-state index contributed by atoms with van der Waals surface area (Å²) < 4.78 is 0. The van der Waals surface area contributed by atoms with E-state index in [0.29, 0.717) is 23.7 Å². The Morgan fingerprint density at radius 3 is 2.91 bits per heavy atom. The Hall–Kier alpha value is -2.51. The van der Waals surface area contributed by atoms with E-state index in [1.807, 2.05) is 26.0 Å². The third-order valence-electron chi connectivity index (χ3n) is 3.65. The third kappa shape index (κ3) is 2.63. The SMILES string of the molecule is Cc1nc(N)c2[nH]c(C(O)NCc3cccnc3)nc2c1C. The molecule has 3 aromatic rings. The number of pyridine rings is 2. The summed E-state index contributed by atoms with van der Waals surface area (Å²) in [6.07, 6.45) is 2.53. The Labute approximate surface area is 127 Å². The Kier molecular flexibility index (Phi) is 3.74. The molecule has 0 aliphatic rings. The number of rotatable bonds is 4. The average Bonchev–Trinajstić information content (AvgIpc) is 2.97. The molecule has 3 aromatic heterocycles. The number of nitrogens with two attached hydrogens (primary N) is 1. The van der Waals surface area contributed by atoms with Gasteiger partial charge in [0.25, 0.3) is 0 Å². The van der Waals surface area contributed by atoms with E-state index in [1.165, 1.54) is 0 Å². The number of hydrogen-bond donors (Lipinski definition) is 4. The number of nitrogens with one attached hydrogen (secondary N) is 2. The van der Waals surface area contributed by atoms with E-state index >= 15 is 0 Å². The molecule has 0 spiro atoms. The molecule has 0 radical (unpaired) electrons. The maximum atomic E-state index is 10.2. The Morgan fingerprint density at radius 1 is 1.36 bits per heavy atom. The van der Waals surface area contributed by atoms with Gasteiger partial charge in [-0.05, 0) is 31.0 Å². The molecule has 0 bridgehead atoms. The standard InChI is InChI=1S/C15H18N6O/c1-8-9(2)19-13(16)12-11(8)20-14(21-12)15(22)18-7-10-4-3-5-17-6-10/h3-6,15,18,22H,7H2,1-2H3,(H2,16,19)(H,20,21). The molecule has 3 heterocycles. The molecule has 0 saturated heterocycles. The van der Waals surface area contributed by atoms with E-state index in [2.05, 4.69) is 25.3 Å². The molecule has 0 aliphatic heterocycles. The van der Waals surface area contributed by atoms with Crippen LogP contribution in [0.3, 0.4) is 0 Å². The fourth-order valence-electron chi connectivity index (χ4n) is 2.28. The van der Waals surface area contributed by atoms with Crippen molar-refractivity contribution < 1.29 is 5.11 Å². The minimum Gasteiger partial charge on any atom is -0.382 e. The molecule has 7 nitrogen and oxygen atoms in total. The fraction of sp³-hybridized carbons (Fsp3) is 0.267. The first-order valence-electron chi connectivity index (χ1n) is 6.99. The van der Waals surface area contributed by atoms with Gasteiger partial charge in [0.15, 0.2) is 12.1 Å². The molecule has 0 saturated carbocycles. The summed E-state index contributed by atoms with van der Waals surface area (Å²) in [5.41, 5.74) is 10.1. The summed E-state index contributed by atoms with van der Waals surface area (Å²) in [6, 6.07) is 3.78. The van der Waals surface area contributed by atoms with Crippen molar-refractivity contribution in [2.45, 2.75) is 26.6 Å². The largest absolute Gasteiger partial charge is 0.382 e. The zero-order valence-corrected chi connectivity index (χ0v) is 12.5. The predicted molar refractivity (Wildman–Crippen MR) is 83.8 cm³/mol. The Balaban J connectivity index is 1.84. The first-order valence-corrected chi connectivity index (χ1v) is 6.99. The van der Waals surface area contributed by atoms with Gasteiger partial charge in [-0.3, -0.25) is 10.3 Å². The minimum absolute atomic E-state index is 0.385. The Bertz CT molecular complexity index is 799. The zero-order valence-electron chi connectivity index (χ0n) is 12.5. The van der Waals surface area contributed by atoms with Gasteiger partial charge < -0.3 is 15.8 Å². The van der Waals surface area contributed by atoms with E-state index in [1.54, 1.807) is 12.4 Å². The number of fused-ring (bicyclic) bond motifs is 1. The van der Waals surface area contributed by atoms with Gasteiger partial charge in [-0.2, -0.15) is 0 Å². The van der Waals surface area contributed by atoms with Crippen LogP contribution >= 0.6 is 0 Å². The van der Waals surface area contributed by atoms with Gasteiger partial charge in [0, 0.05) is 24.6 Å². The lowest BCUT2D eigenvalue weighted by atomic mass is 10.2. The normalized spacial score (nSPS) is 12.7. The van der Waals surface area contributed by atoms with Gasteiger partial charge >= 0.3 is 0 Å². The Morgan fingerprint density at radius 2 is 2.18 bits per heavy atom. The monoisotopic (exact) mass is 298 g/mol. The molecule has 114 valence electrons. The molecule has 5 N–H and O–H groups in total. The lowest BCUT2D eigenvalue weighted by Crippen LogP contribution is -2.21.